The minimum Gasteiger partial charge on any atom is -0.493 e. The maximum Gasteiger partial charge on any atom is 0.269 e. The zero-order valence-electron chi connectivity index (χ0n) is 10.8. The van der Waals surface area contributed by atoms with Gasteiger partial charge in [-0.25, -0.2) is 9.97 Å². The van der Waals surface area contributed by atoms with E-state index in [1.165, 1.54) is 25.4 Å². The van der Waals surface area contributed by atoms with Gasteiger partial charge in [-0.05, 0) is 12.1 Å². The zero-order chi connectivity index (χ0) is 15.0. The average Bonchev–Trinajstić information content (AvgIpc) is 2.91. The van der Waals surface area contributed by atoms with Gasteiger partial charge in [0.25, 0.3) is 5.69 Å². The average molecular weight is 305 g/mol. The largest absolute Gasteiger partial charge is 0.493 e. The van der Waals surface area contributed by atoms with Crippen LogP contribution in [-0.2, 0) is 0 Å². The molecule has 0 aliphatic heterocycles. The number of non-ortho nitro benzene ring substituents is 1. The first-order chi connectivity index (χ1) is 10.1. The quantitative estimate of drug-likeness (QED) is 0.592. The van der Waals surface area contributed by atoms with Gasteiger partial charge in [0.2, 0.25) is 0 Å². The Morgan fingerprint density at radius 2 is 2.05 bits per heavy atom. The molecule has 7 nitrogen and oxygen atoms in total. The number of aromatic nitrogens is 3. The van der Waals surface area contributed by atoms with Gasteiger partial charge in [0.1, 0.15) is 10.8 Å². The topological polar surface area (TPSA) is 93.9 Å². The summed E-state index contributed by atoms with van der Waals surface area (Å²) in [4.78, 5) is 21.8. The number of benzene rings is 1. The maximum absolute atomic E-state index is 10.7. The summed E-state index contributed by atoms with van der Waals surface area (Å²) in [5, 5.41) is 11.0. The van der Waals surface area contributed by atoms with Crippen LogP contribution in [0.5, 0.6) is 5.75 Å². The Labute approximate surface area is 123 Å². The van der Waals surface area contributed by atoms with Gasteiger partial charge >= 0.3 is 0 Å². The minimum absolute atomic E-state index is 0.0219. The molecule has 8 heteroatoms. The summed E-state index contributed by atoms with van der Waals surface area (Å²) in [7, 11) is 1.50. The van der Waals surface area contributed by atoms with Crippen molar-refractivity contribution in [1.82, 2.24) is 15.0 Å². The summed E-state index contributed by atoms with van der Waals surface area (Å²) in [5.41, 5.74) is 1.77. The highest BCUT2D eigenvalue weighted by molar-refractivity contribution is 6.32. The molecule has 0 unspecified atom stereocenters. The van der Waals surface area contributed by atoms with E-state index in [2.05, 4.69) is 15.0 Å². The Kier molecular flexibility index (Phi) is 3.19. The number of fused-ring (bicyclic) bond motifs is 1. The van der Waals surface area contributed by atoms with E-state index in [1.54, 1.807) is 12.1 Å². The van der Waals surface area contributed by atoms with Crippen molar-refractivity contribution < 1.29 is 9.66 Å². The maximum atomic E-state index is 10.7. The Balaban J connectivity index is 2.10. The fourth-order valence-electron chi connectivity index (χ4n) is 1.98. The number of rotatable bonds is 3. The predicted molar refractivity (Wildman–Crippen MR) is 77.5 cm³/mol. The predicted octanol–water partition coefficient (Wildman–Crippen LogP) is 3.20. The summed E-state index contributed by atoms with van der Waals surface area (Å²) in [6, 6.07) is 6.06. The molecule has 0 atom stereocenters. The lowest BCUT2D eigenvalue weighted by atomic mass is 10.2. The van der Waals surface area contributed by atoms with Crippen molar-refractivity contribution in [1.29, 1.82) is 0 Å². The molecule has 0 saturated heterocycles. The third-order valence-electron chi connectivity index (χ3n) is 2.98. The van der Waals surface area contributed by atoms with E-state index in [9.17, 15) is 10.1 Å². The van der Waals surface area contributed by atoms with Crippen LogP contribution in [0.25, 0.3) is 22.6 Å². The van der Waals surface area contributed by atoms with Crippen LogP contribution in [0.2, 0.25) is 5.02 Å². The molecule has 1 aromatic carbocycles. The summed E-state index contributed by atoms with van der Waals surface area (Å²) in [5.74, 6) is 0.971. The molecule has 0 spiro atoms. The SMILES string of the molecule is COc1c(Cl)cnc2[nH]c(-c3ccc([N+](=O)[O-])cc3)nc12. The van der Waals surface area contributed by atoms with Crippen LogP contribution in [0.4, 0.5) is 5.69 Å². The summed E-state index contributed by atoms with van der Waals surface area (Å²) in [6.45, 7) is 0. The molecule has 2 heterocycles. The minimum atomic E-state index is -0.452. The first kappa shape index (κ1) is 13.3. The number of hydrogen-bond acceptors (Lipinski definition) is 5. The number of nitrogens with one attached hydrogen (secondary N) is 1. The molecular formula is C13H9ClN4O3. The fourth-order valence-corrected chi connectivity index (χ4v) is 2.20. The highest BCUT2D eigenvalue weighted by Crippen LogP contribution is 2.32. The Hall–Kier alpha value is -2.67. The van der Waals surface area contributed by atoms with Crippen molar-refractivity contribution in [2.24, 2.45) is 0 Å². The first-order valence-corrected chi connectivity index (χ1v) is 6.31. The second kappa shape index (κ2) is 5.02. The number of pyridine rings is 1. The lowest BCUT2D eigenvalue weighted by Gasteiger charge is -2.01. The van der Waals surface area contributed by atoms with Crippen molar-refractivity contribution in [3.8, 4) is 17.1 Å². The summed E-state index contributed by atoms with van der Waals surface area (Å²) < 4.78 is 5.21. The van der Waals surface area contributed by atoms with E-state index in [1.807, 2.05) is 0 Å². The van der Waals surface area contributed by atoms with Crippen LogP contribution >= 0.6 is 11.6 Å². The molecule has 1 N–H and O–H groups in total. The van der Waals surface area contributed by atoms with Crippen LogP contribution < -0.4 is 4.74 Å². The molecule has 3 aromatic rings. The molecule has 0 saturated carbocycles. The van der Waals surface area contributed by atoms with Crippen molar-refractivity contribution >= 4 is 28.5 Å². The second-order valence-electron chi connectivity index (χ2n) is 4.23. The molecule has 3 rings (SSSR count). The Morgan fingerprint density at radius 3 is 2.67 bits per heavy atom. The van der Waals surface area contributed by atoms with Gasteiger partial charge in [-0.1, -0.05) is 11.6 Å². The van der Waals surface area contributed by atoms with E-state index in [-0.39, 0.29) is 5.69 Å². The standard InChI is InChI=1S/C13H9ClN4O3/c1-21-11-9(14)6-15-13-10(11)16-12(17-13)7-2-4-8(5-3-7)18(19)20/h2-6H,1H3,(H,15,16,17). The van der Waals surface area contributed by atoms with E-state index in [0.29, 0.717) is 33.3 Å². The number of nitro groups is 1. The van der Waals surface area contributed by atoms with Crippen LogP contribution in [0.3, 0.4) is 0 Å². The lowest BCUT2D eigenvalue weighted by Crippen LogP contribution is -1.88. The molecule has 2 aromatic heterocycles. The molecule has 0 radical (unpaired) electrons. The van der Waals surface area contributed by atoms with Crippen LogP contribution in [0.15, 0.2) is 30.5 Å². The number of halogens is 1. The van der Waals surface area contributed by atoms with Crippen molar-refractivity contribution in [3.63, 3.8) is 0 Å². The van der Waals surface area contributed by atoms with Gasteiger partial charge in [0.15, 0.2) is 16.9 Å². The summed E-state index contributed by atoms with van der Waals surface area (Å²) >= 11 is 6.00. The van der Waals surface area contributed by atoms with E-state index in [4.69, 9.17) is 16.3 Å². The van der Waals surface area contributed by atoms with Crippen molar-refractivity contribution in [3.05, 3.63) is 45.6 Å². The Bertz CT molecular complexity index is 829. The molecule has 0 aliphatic rings. The number of nitrogens with zero attached hydrogens (tertiary/aromatic N) is 3. The van der Waals surface area contributed by atoms with Crippen molar-refractivity contribution in [2.75, 3.05) is 7.11 Å². The number of H-pyrrole nitrogens is 1. The number of aromatic amines is 1. The lowest BCUT2D eigenvalue weighted by molar-refractivity contribution is -0.384. The third kappa shape index (κ3) is 2.27. The van der Waals surface area contributed by atoms with Gasteiger partial charge in [-0.15, -0.1) is 0 Å². The first-order valence-electron chi connectivity index (χ1n) is 5.93. The number of hydrogen-bond donors (Lipinski definition) is 1. The highest BCUT2D eigenvalue weighted by atomic mass is 35.5. The van der Waals surface area contributed by atoms with Crippen LogP contribution in [0.1, 0.15) is 0 Å². The van der Waals surface area contributed by atoms with Crippen molar-refractivity contribution in [2.45, 2.75) is 0 Å². The molecule has 0 amide bonds. The molecule has 0 aliphatic carbocycles. The number of imidazole rings is 1. The monoisotopic (exact) mass is 304 g/mol. The fraction of sp³-hybridized carbons (Fsp3) is 0.0769. The second-order valence-corrected chi connectivity index (χ2v) is 4.63. The van der Waals surface area contributed by atoms with Crippen LogP contribution in [0, 0.1) is 10.1 Å². The normalized spacial score (nSPS) is 10.8. The highest BCUT2D eigenvalue weighted by Gasteiger charge is 2.14. The molecule has 0 bridgehead atoms. The van der Waals surface area contributed by atoms with Gasteiger partial charge in [-0.2, -0.15) is 0 Å². The van der Waals surface area contributed by atoms with Gasteiger partial charge < -0.3 is 9.72 Å². The van der Waals surface area contributed by atoms with Gasteiger partial charge in [0.05, 0.1) is 18.2 Å². The smallest absolute Gasteiger partial charge is 0.269 e. The zero-order valence-corrected chi connectivity index (χ0v) is 11.6. The van der Waals surface area contributed by atoms with E-state index >= 15 is 0 Å². The van der Waals surface area contributed by atoms with Gasteiger partial charge in [-0.3, -0.25) is 10.1 Å². The number of ether oxygens (including phenoxy) is 1. The van der Waals surface area contributed by atoms with E-state index in [0.717, 1.165) is 0 Å². The summed E-state index contributed by atoms with van der Waals surface area (Å²) in [6.07, 6.45) is 1.47. The molecule has 0 fully saturated rings. The van der Waals surface area contributed by atoms with E-state index < -0.39 is 4.92 Å². The van der Waals surface area contributed by atoms with Gasteiger partial charge in [0, 0.05) is 17.7 Å². The van der Waals surface area contributed by atoms with Crippen LogP contribution in [-0.4, -0.2) is 27.0 Å². The molecule has 106 valence electrons. The third-order valence-corrected chi connectivity index (χ3v) is 3.25. The number of methoxy groups -OCH3 is 1. The molecule has 21 heavy (non-hydrogen) atoms. The Morgan fingerprint density at radius 1 is 1.33 bits per heavy atom. The number of nitro benzene ring substituents is 1. The molecular weight excluding hydrogens is 296 g/mol.